The summed E-state index contributed by atoms with van der Waals surface area (Å²) in [7, 11) is 0. The number of carbonyl (C=O) groups is 3. The Hall–Kier alpha value is -5.15. The summed E-state index contributed by atoms with van der Waals surface area (Å²) >= 11 is 0. The Morgan fingerprint density at radius 3 is 1.55 bits per heavy atom. The molecule has 200 valence electrons. The molecule has 0 saturated heterocycles. The number of carboxylic acids is 1. The lowest BCUT2D eigenvalue weighted by atomic mass is 9.87. The molecule has 2 amide bonds. The van der Waals surface area contributed by atoms with Crippen molar-refractivity contribution < 1.29 is 29.0 Å². The van der Waals surface area contributed by atoms with E-state index in [4.69, 9.17) is 15.2 Å². The third-order valence-corrected chi connectivity index (χ3v) is 7.12. The van der Waals surface area contributed by atoms with E-state index in [-0.39, 0.29) is 0 Å². The zero-order valence-corrected chi connectivity index (χ0v) is 21.2. The van der Waals surface area contributed by atoms with Crippen molar-refractivity contribution in [3.05, 3.63) is 119 Å². The van der Waals surface area contributed by atoms with Gasteiger partial charge >= 0.3 is 5.97 Å². The first kappa shape index (κ1) is 25.1. The van der Waals surface area contributed by atoms with Gasteiger partial charge in [-0.05, 0) is 24.3 Å². The van der Waals surface area contributed by atoms with E-state index in [2.05, 4.69) is 5.43 Å². The minimum atomic E-state index is -1.48. The van der Waals surface area contributed by atoms with E-state index < -0.39 is 42.2 Å². The van der Waals surface area contributed by atoms with Gasteiger partial charge in [-0.15, -0.1) is 0 Å². The second-order valence-electron chi connectivity index (χ2n) is 9.60. The minimum Gasteiger partial charge on any atom is -0.480 e. The van der Waals surface area contributed by atoms with Crippen molar-refractivity contribution in [3.8, 4) is 23.0 Å². The number of para-hydroxylation sites is 4. The molecule has 2 heterocycles. The highest BCUT2D eigenvalue weighted by atomic mass is 16.5. The maximum absolute atomic E-state index is 14.3. The minimum absolute atomic E-state index is 0.486. The Morgan fingerprint density at radius 2 is 1.12 bits per heavy atom. The molecule has 4 aromatic rings. The standard InChI is InChI=1S/C31H25N3O6/c32-27(35)17-22(31(37)38)34(29-20-11-3-7-15-25(20)40-26-16-8-4-12-21(26)29)33-30(36)28-18-9-1-5-13-23(18)39-24-14-6-2-10-19(24)28/h1-16,22,28-29H,17H2,(H2,32,35)(H,33,36)(H,37,38)/t22-/m0/s1. The smallest absolute Gasteiger partial charge is 0.323 e. The van der Waals surface area contributed by atoms with Crippen LogP contribution in [0.5, 0.6) is 23.0 Å². The zero-order valence-electron chi connectivity index (χ0n) is 21.2. The normalized spacial score (nSPS) is 14.4. The highest BCUT2D eigenvalue weighted by Crippen LogP contribution is 2.47. The number of rotatable bonds is 7. The summed E-state index contributed by atoms with van der Waals surface area (Å²) in [6, 6.07) is 26.5. The SMILES string of the molecule is NC(=O)C[C@@H](C(=O)O)N(NC(=O)C1c2ccccc2Oc2ccccc21)C1c2ccccc2Oc2ccccc21. The van der Waals surface area contributed by atoms with Crippen LogP contribution in [0.4, 0.5) is 0 Å². The number of carboxylic acid groups (broad SMARTS) is 1. The number of hydrazine groups is 1. The Labute approximate surface area is 229 Å². The molecule has 0 spiro atoms. The molecule has 4 aromatic carbocycles. The van der Waals surface area contributed by atoms with Gasteiger partial charge in [0, 0.05) is 22.3 Å². The number of primary amides is 1. The van der Waals surface area contributed by atoms with Gasteiger partial charge in [0.15, 0.2) is 0 Å². The fourth-order valence-corrected chi connectivity index (χ4v) is 5.39. The Kier molecular flexibility index (Phi) is 6.41. The number of aliphatic carboxylic acids is 1. The van der Waals surface area contributed by atoms with Gasteiger partial charge in [0.25, 0.3) is 0 Å². The maximum atomic E-state index is 14.3. The molecule has 2 aliphatic heterocycles. The lowest BCUT2D eigenvalue weighted by Crippen LogP contribution is -2.56. The van der Waals surface area contributed by atoms with Crippen molar-refractivity contribution in [2.75, 3.05) is 0 Å². The number of amides is 2. The lowest BCUT2D eigenvalue weighted by molar-refractivity contribution is -0.150. The molecule has 4 N–H and O–H groups in total. The molecule has 9 nitrogen and oxygen atoms in total. The van der Waals surface area contributed by atoms with Crippen LogP contribution in [0.2, 0.25) is 0 Å². The predicted octanol–water partition coefficient (Wildman–Crippen LogP) is 4.48. The summed E-state index contributed by atoms with van der Waals surface area (Å²) in [6.07, 6.45) is -0.530. The molecule has 9 heteroatoms. The van der Waals surface area contributed by atoms with Crippen molar-refractivity contribution in [2.24, 2.45) is 5.73 Å². The summed E-state index contributed by atoms with van der Waals surface area (Å²) in [5.41, 5.74) is 10.9. The fraction of sp³-hybridized carbons (Fsp3) is 0.129. The largest absolute Gasteiger partial charge is 0.480 e. The number of benzene rings is 4. The summed E-state index contributed by atoms with van der Waals surface area (Å²) in [4.78, 5) is 39.0. The van der Waals surface area contributed by atoms with Crippen LogP contribution in [0.25, 0.3) is 0 Å². The van der Waals surface area contributed by atoms with Crippen LogP contribution < -0.4 is 20.6 Å². The van der Waals surface area contributed by atoms with Gasteiger partial charge in [-0.25, -0.2) is 0 Å². The van der Waals surface area contributed by atoms with Crippen molar-refractivity contribution in [3.63, 3.8) is 0 Å². The highest BCUT2D eigenvalue weighted by molar-refractivity contribution is 5.90. The zero-order chi connectivity index (χ0) is 27.8. The number of ether oxygens (including phenoxy) is 2. The topological polar surface area (TPSA) is 131 Å². The van der Waals surface area contributed by atoms with Crippen molar-refractivity contribution >= 4 is 17.8 Å². The van der Waals surface area contributed by atoms with E-state index in [1.807, 2.05) is 24.3 Å². The van der Waals surface area contributed by atoms with E-state index in [9.17, 15) is 19.5 Å². The third kappa shape index (κ3) is 4.42. The number of hydrogen-bond donors (Lipinski definition) is 3. The molecular weight excluding hydrogens is 510 g/mol. The quantitative estimate of drug-likeness (QED) is 0.297. The molecule has 0 aromatic heterocycles. The molecule has 0 bridgehead atoms. The van der Waals surface area contributed by atoms with E-state index in [1.165, 1.54) is 5.01 Å². The Bertz CT molecular complexity index is 1550. The second kappa shape index (κ2) is 10.2. The molecule has 0 unspecified atom stereocenters. The average molecular weight is 536 g/mol. The fourth-order valence-electron chi connectivity index (χ4n) is 5.39. The van der Waals surface area contributed by atoms with Gasteiger partial charge < -0.3 is 20.3 Å². The van der Waals surface area contributed by atoms with Crippen molar-refractivity contribution in [1.82, 2.24) is 10.4 Å². The van der Waals surface area contributed by atoms with Crippen LogP contribution in [-0.4, -0.2) is 33.9 Å². The Morgan fingerprint density at radius 1 is 0.725 bits per heavy atom. The summed E-state index contributed by atoms with van der Waals surface area (Å²) < 4.78 is 12.1. The maximum Gasteiger partial charge on any atom is 0.323 e. The van der Waals surface area contributed by atoms with Gasteiger partial charge in [0.05, 0.1) is 18.4 Å². The number of nitrogens with one attached hydrogen (secondary N) is 1. The summed E-state index contributed by atoms with van der Waals surface area (Å²) in [6.45, 7) is 0. The monoisotopic (exact) mass is 535 g/mol. The first-order valence-corrected chi connectivity index (χ1v) is 12.7. The molecule has 1 atom stereocenters. The lowest BCUT2D eigenvalue weighted by Gasteiger charge is -2.40. The molecule has 0 fully saturated rings. The highest BCUT2D eigenvalue weighted by Gasteiger charge is 2.42. The molecule has 0 radical (unpaired) electrons. The molecular formula is C31H25N3O6. The predicted molar refractivity (Wildman–Crippen MR) is 145 cm³/mol. The number of hydrogen-bond acceptors (Lipinski definition) is 6. The van der Waals surface area contributed by atoms with Crippen LogP contribution in [-0.2, 0) is 14.4 Å². The van der Waals surface area contributed by atoms with Crippen molar-refractivity contribution in [2.45, 2.75) is 24.4 Å². The number of fused-ring (bicyclic) bond motifs is 4. The van der Waals surface area contributed by atoms with Gasteiger partial charge in [-0.1, -0.05) is 72.8 Å². The van der Waals surface area contributed by atoms with E-state index in [0.717, 1.165) is 0 Å². The molecule has 0 aliphatic carbocycles. The van der Waals surface area contributed by atoms with Crippen molar-refractivity contribution in [1.29, 1.82) is 0 Å². The second-order valence-corrected chi connectivity index (χ2v) is 9.60. The summed E-state index contributed by atoms with van der Waals surface area (Å²) in [5.74, 6) is -1.35. The molecule has 2 aliphatic rings. The molecule has 0 saturated carbocycles. The van der Waals surface area contributed by atoms with Crippen LogP contribution in [0.15, 0.2) is 97.1 Å². The molecule has 6 rings (SSSR count). The van der Waals surface area contributed by atoms with Gasteiger partial charge in [-0.2, -0.15) is 5.01 Å². The van der Waals surface area contributed by atoms with Crippen LogP contribution in [0, 0.1) is 0 Å². The van der Waals surface area contributed by atoms with E-state index in [0.29, 0.717) is 45.3 Å². The van der Waals surface area contributed by atoms with Crippen LogP contribution >= 0.6 is 0 Å². The van der Waals surface area contributed by atoms with Gasteiger partial charge in [0.2, 0.25) is 11.8 Å². The first-order chi connectivity index (χ1) is 19.4. The Balaban J connectivity index is 1.49. The third-order valence-electron chi connectivity index (χ3n) is 7.12. The van der Waals surface area contributed by atoms with Crippen LogP contribution in [0.3, 0.4) is 0 Å². The van der Waals surface area contributed by atoms with Crippen LogP contribution in [0.1, 0.15) is 40.6 Å². The first-order valence-electron chi connectivity index (χ1n) is 12.7. The van der Waals surface area contributed by atoms with Gasteiger partial charge in [0.1, 0.15) is 29.0 Å². The average Bonchev–Trinajstić information content (AvgIpc) is 2.96. The summed E-state index contributed by atoms with van der Waals surface area (Å²) in [5, 5.41) is 11.6. The van der Waals surface area contributed by atoms with E-state index in [1.54, 1.807) is 72.8 Å². The van der Waals surface area contributed by atoms with E-state index >= 15 is 0 Å². The molecule has 40 heavy (non-hydrogen) atoms. The number of carbonyl (C=O) groups excluding carboxylic acids is 2. The number of nitrogens with two attached hydrogens (primary N) is 1. The van der Waals surface area contributed by atoms with Gasteiger partial charge in [-0.3, -0.25) is 19.8 Å². The number of nitrogens with zero attached hydrogens (tertiary/aromatic N) is 1.